The first-order valence-corrected chi connectivity index (χ1v) is 7.02. The highest BCUT2D eigenvalue weighted by atomic mass is 32.2. The fourth-order valence-electron chi connectivity index (χ4n) is 1.66. The third-order valence-corrected chi connectivity index (χ3v) is 4.21. The van der Waals surface area contributed by atoms with Crippen molar-refractivity contribution in [3.8, 4) is 0 Å². The molecule has 1 atom stereocenters. The van der Waals surface area contributed by atoms with E-state index in [0.717, 1.165) is 31.3 Å². The summed E-state index contributed by atoms with van der Waals surface area (Å²) in [5.41, 5.74) is 5.46. The first-order valence-electron chi connectivity index (χ1n) is 5.54. The number of hydrogen-bond acceptors (Lipinski definition) is 5. The van der Waals surface area contributed by atoms with Crippen molar-refractivity contribution in [3.05, 3.63) is 24.3 Å². The number of nitrogens with one attached hydrogen (secondary N) is 1. The smallest absolute Gasteiger partial charge is 0.242 e. The molecule has 1 aromatic rings. The highest BCUT2D eigenvalue weighted by molar-refractivity contribution is 7.89. The van der Waals surface area contributed by atoms with Crippen LogP contribution < -0.4 is 10.5 Å². The molecule has 0 bridgehead atoms. The highest BCUT2D eigenvalue weighted by Crippen LogP contribution is 2.33. The zero-order valence-corrected chi connectivity index (χ0v) is 10.6. The number of sulfonamides is 1. The molecule has 0 aliphatic heterocycles. The largest absolute Gasteiger partial charge is 0.409 e. The van der Waals surface area contributed by atoms with Gasteiger partial charge in [0.25, 0.3) is 0 Å². The quantitative estimate of drug-likeness (QED) is 0.305. The SMILES string of the molecule is NC(=NO)C(NS(=O)(=O)c1cncc(F)c1)C1CC1. The molecule has 1 aromatic heterocycles. The summed E-state index contributed by atoms with van der Waals surface area (Å²) < 4.78 is 39.4. The van der Waals surface area contributed by atoms with Crippen molar-refractivity contribution in [1.29, 1.82) is 0 Å². The van der Waals surface area contributed by atoms with Crippen LogP contribution in [0.1, 0.15) is 12.8 Å². The van der Waals surface area contributed by atoms with Gasteiger partial charge in [-0.3, -0.25) is 4.98 Å². The van der Waals surface area contributed by atoms with Gasteiger partial charge < -0.3 is 10.9 Å². The Morgan fingerprint density at radius 1 is 1.58 bits per heavy atom. The van der Waals surface area contributed by atoms with Gasteiger partial charge in [-0.2, -0.15) is 0 Å². The minimum Gasteiger partial charge on any atom is -0.409 e. The second kappa shape index (κ2) is 5.10. The van der Waals surface area contributed by atoms with Crippen LogP contribution in [0, 0.1) is 11.7 Å². The lowest BCUT2D eigenvalue weighted by molar-refractivity contribution is 0.314. The van der Waals surface area contributed by atoms with E-state index in [1.54, 1.807) is 0 Å². The fourth-order valence-corrected chi connectivity index (χ4v) is 2.92. The van der Waals surface area contributed by atoms with Gasteiger partial charge in [0, 0.05) is 6.20 Å². The van der Waals surface area contributed by atoms with E-state index in [2.05, 4.69) is 14.9 Å². The van der Waals surface area contributed by atoms with E-state index in [9.17, 15) is 12.8 Å². The van der Waals surface area contributed by atoms with E-state index in [-0.39, 0.29) is 16.6 Å². The average molecular weight is 288 g/mol. The van der Waals surface area contributed by atoms with Crippen LogP contribution in [0.25, 0.3) is 0 Å². The van der Waals surface area contributed by atoms with Crippen molar-refractivity contribution in [1.82, 2.24) is 9.71 Å². The van der Waals surface area contributed by atoms with Crippen molar-refractivity contribution in [2.24, 2.45) is 16.8 Å². The summed E-state index contributed by atoms with van der Waals surface area (Å²) in [4.78, 5) is 3.18. The topological polar surface area (TPSA) is 118 Å². The fraction of sp³-hybridized carbons (Fsp3) is 0.400. The molecule has 0 radical (unpaired) electrons. The predicted octanol–water partition coefficient (Wildman–Crippen LogP) is 0.0240. The Balaban J connectivity index is 2.25. The lowest BCUT2D eigenvalue weighted by Crippen LogP contribution is -2.46. The van der Waals surface area contributed by atoms with Crippen molar-refractivity contribution in [3.63, 3.8) is 0 Å². The number of rotatable bonds is 5. The number of aromatic nitrogens is 1. The molecular formula is C10H13FN4O3S. The molecule has 0 saturated heterocycles. The number of amidine groups is 1. The lowest BCUT2D eigenvalue weighted by Gasteiger charge is -2.16. The van der Waals surface area contributed by atoms with Crippen LogP contribution >= 0.6 is 0 Å². The summed E-state index contributed by atoms with van der Waals surface area (Å²) >= 11 is 0. The maximum atomic E-state index is 13.0. The molecule has 19 heavy (non-hydrogen) atoms. The molecule has 0 aromatic carbocycles. The molecule has 1 heterocycles. The summed E-state index contributed by atoms with van der Waals surface area (Å²) in [7, 11) is -3.97. The number of hydrogen-bond donors (Lipinski definition) is 3. The lowest BCUT2D eigenvalue weighted by atomic mass is 10.2. The van der Waals surface area contributed by atoms with Crippen LogP contribution in [0.2, 0.25) is 0 Å². The van der Waals surface area contributed by atoms with E-state index in [4.69, 9.17) is 10.9 Å². The first kappa shape index (κ1) is 13.7. The monoisotopic (exact) mass is 288 g/mol. The maximum absolute atomic E-state index is 13.0. The predicted molar refractivity (Wildman–Crippen MR) is 64.4 cm³/mol. The summed E-state index contributed by atoms with van der Waals surface area (Å²) in [5.74, 6) is -0.975. The van der Waals surface area contributed by atoms with Crippen LogP contribution in [0.3, 0.4) is 0 Å². The minimum atomic E-state index is -3.97. The average Bonchev–Trinajstić information content (AvgIpc) is 3.19. The second-order valence-electron chi connectivity index (χ2n) is 4.30. The summed E-state index contributed by atoms with van der Waals surface area (Å²) in [5, 5.41) is 11.5. The van der Waals surface area contributed by atoms with Crippen LogP contribution in [0.5, 0.6) is 0 Å². The Bertz CT molecular complexity index is 601. The first-order chi connectivity index (χ1) is 8.94. The zero-order valence-electron chi connectivity index (χ0n) is 9.82. The summed E-state index contributed by atoms with van der Waals surface area (Å²) in [6.07, 6.45) is 3.50. The van der Waals surface area contributed by atoms with E-state index in [0.29, 0.717) is 0 Å². The van der Waals surface area contributed by atoms with E-state index >= 15 is 0 Å². The van der Waals surface area contributed by atoms with Crippen LogP contribution in [0.4, 0.5) is 4.39 Å². The molecule has 2 rings (SSSR count). The standard InChI is InChI=1S/C10H13FN4O3S/c11-7-3-8(5-13-4-7)19(17,18)15-9(6-1-2-6)10(12)14-16/h3-6,9,15-16H,1-2H2,(H2,12,14). The van der Waals surface area contributed by atoms with Crippen molar-refractivity contribution >= 4 is 15.9 Å². The van der Waals surface area contributed by atoms with Gasteiger partial charge in [-0.05, 0) is 24.8 Å². The molecule has 0 amide bonds. The van der Waals surface area contributed by atoms with Gasteiger partial charge in [0.1, 0.15) is 10.7 Å². The van der Waals surface area contributed by atoms with Gasteiger partial charge in [-0.25, -0.2) is 17.5 Å². The van der Waals surface area contributed by atoms with Gasteiger partial charge in [-0.15, -0.1) is 0 Å². The van der Waals surface area contributed by atoms with Crippen LogP contribution in [-0.2, 0) is 10.0 Å². The van der Waals surface area contributed by atoms with Gasteiger partial charge in [0.05, 0.1) is 12.2 Å². The third kappa shape index (κ3) is 3.18. The number of nitrogens with two attached hydrogens (primary N) is 1. The van der Waals surface area contributed by atoms with Gasteiger partial charge >= 0.3 is 0 Å². The number of pyridine rings is 1. The zero-order chi connectivity index (χ0) is 14.0. The second-order valence-corrected chi connectivity index (χ2v) is 6.01. The molecule has 9 heteroatoms. The minimum absolute atomic E-state index is 0.00723. The third-order valence-electron chi connectivity index (χ3n) is 2.80. The summed E-state index contributed by atoms with van der Waals surface area (Å²) in [6.45, 7) is 0. The summed E-state index contributed by atoms with van der Waals surface area (Å²) in [6, 6.07) is 0.0595. The maximum Gasteiger partial charge on any atom is 0.242 e. The molecule has 7 nitrogen and oxygen atoms in total. The Morgan fingerprint density at radius 2 is 2.26 bits per heavy atom. The molecule has 104 valence electrons. The highest BCUT2D eigenvalue weighted by Gasteiger charge is 2.37. The van der Waals surface area contributed by atoms with Crippen molar-refractivity contribution < 1.29 is 18.0 Å². The molecule has 1 aliphatic rings. The Kier molecular flexibility index (Phi) is 3.67. The van der Waals surface area contributed by atoms with Crippen LogP contribution in [0.15, 0.2) is 28.5 Å². The normalized spacial score (nSPS) is 18.3. The number of nitrogens with zero attached hydrogens (tertiary/aromatic N) is 2. The number of halogens is 1. The Labute approximate surface area is 109 Å². The van der Waals surface area contributed by atoms with Crippen molar-refractivity contribution in [2.75, 3.05) is 0 Å². The van der Waals surface area contributed by atoms with Gasteiger partial charge in [0.2, 0.25) is 10.0 Å². The van der Waals surface area contributed by atoms with Crippen LogP contribution in [-0.4, -0.2) is 30.5 Å². The molecule has 0 spiro atoms. The van der Waals surface area contributed by atoms with Gasteiger partial charge in [0.15, 0.2) is 5.84 Å². The van der Waals surface area contributed by atoms with E-state index in [1.807, 2.05) is 0 Å². The van der Waals surface area contributed by atoms with E-state index in [1.165, 1.54) is 0 Å². The molecule has 1 unspecified atom stereocenters. The molecule has 1 fully saturated rings. The Morgan fingerprint density at radius 3 is 2.79 bits per heavy atom. The molecule has 1 aliphatic carbocycles. The molecule has 1 saturated carbocycles. The molecule has 4 N–H and O–H groups in total. The van der Waals surface area contributed by atoms with Crippen molar-refractivity contribution in [2.45, 2.75) is 23.8 Å². The molecular weight excluding hydrogens is 275 g/mol. The Hall–Kier alpha value is -1.74. The van der Waals surface area contributed by atoms with E-state index < -0.39 is 21.9 Å². The number of oxime groups is 1. The van der Waals surface area contributed by atoms with Gasteiger partial charge in [-0.1, -0.05) is 5.16 Å².